The summed E-state index contributed by atoms with van der Waals surface area (Å²) in [6.07, 6.45) is 4.46. The highest BCUT2D eigenvalue weighted by Crippen LogP contribution is 2.31. The zero-order valence-corrected chi connectivity index (χ0v) is 19.9. The second kappa shape index (κ2) is 10.7. The van der Waals surface area contributed by atoms with Crippen molar-refractivity contribution in [1.29, 1.82) is 0 Å². The van der Waals surface area contributed by atoms with Crippen molar-refractivity contribution in [3.63, 3.8) is 0 Å². The lowest BCUT2D eigenvalue weighted by molar-refractivity contribution is -0.127. The molecule has 6 heteroatoms. The molecule has 0 spiro atoms. The van der Waals surface area contributed by atoms with Crippen LogP contribution in [-0.2, 0) is 16.0 Å². The summed E-state index contributed by atoms with van der Waals surface area (Å²) in [5, 5.41) is 5.19. The predicted octanol–water partition coefficient (Wildman–Crippen LogP) is 5.44. The lowest BCUT2D eigenvalue weighted by atomic mass is 10.0. The molecule has 1 saturated carbocycles. The van der Waals surface area contributed by atoms with E-state index < -0.39 is 6.04 Å². The molecule has 1 heterocycles. The van der Waals surface area contributed by atoms with Crippen molar-refractivity contribution < 1.29 is 14.3 Å². The molecule has 1 aliphatic carbocycles. The van der Waals surface area contributed by atoms with Crippen molar-refractivity contribution in [3.8, 4) is 5.75 Å². The largest absolute Gasteiger partial charge is 0.497 e. The summed E-state index contributed by atoms with van der Waals surface area (Å²) in [6.45, 7) is 2.01. The highest BCUT2D eigenvalue weighted by atomic mass is 32.1. The molecular weight excluding hydrogens is 432 g/mol. The molecule has 33 heavy (non-hydrogen) atoms. The van der Waals surface area contributed by atoms with Crippen LogP contribution in [0.25, 0.3) is 0 Å². The van der Waals surface area contributed by atoms with Gasteiger partial charge in [0.1, 0.15) is 11.8 Å². The molecule has 1 atom stereocenters. The Morgan fingerprint density at radius 2 is 1.76 bits per heavy atom. The molecular formula is C27H30N2O3S. The molecule has 3 aromatic rings. The van der Waals surface area contributed by atoms with E-state index in [9.17, 15) is 9.59 Å². The highest BCUT2D eigenvalue weighted by molar-refractivity contribution is 7.10. The fourth-order valence-corrected chi connectivity index (χ4v) is 5.04. The average Bonchev–Trinajstić information content (AvgIpc) is 3.53. The Kier molecular flexibility index (Phi) is 7.45. The lowest BCUT2D eigenvalue weighted by Gasteiger charge is -2.32. The minimum atomic E-state index is -0.757. The van der Waals surface area contributed by atoms with Crippen LogP contribution in [0.15, 0.2) is 66.0 Å². The van der Waals surface area contributed by atoms with E-state index in [4.69, 9.17) is 4.74 Å². The summed E-state index contributed by atoms with van der Waals surface area (Å²) in [7, 11) is 1.61. The quantitative estimate of drug-likeness (QED) is 0.485. The fraction of sp³-hybridized carbons (Fsp3) is 0.333. The molecule has 0 aliphatic heterocycles. The van der Waals surface area contributed by atoms with E-state index >= 15 is 0 Å². The van der Waals surface area contributed by atoms with E-state index in [0.29, 0.717) is 11.4 Å². The smallest absolute Gasteiger partial charge is 0.248 e. The SMILES string of the molecule is COc1ccc(N(C(=O)Cc2cccs2)[C@@H](C(=O)NC2CCCC2)c2ccc(C)cc2)cc1. The van der Waals surface area contributed by atoms with Crippen LogP contribution in [0.4, 0.5) is 5.69 Å². The lowest BCUT2D eigenvalue weighted by Crippen LogP contribution is -2.46. The number of carbonyl (C=O) groups excluding carboxylic acids is 2. The normalized spacial score (nSPS) is 14.6. The Morgan fingerprint density at radius 3 is 2.36 bits per heavy atom. The number of ether oxygens (including phenoxy) is 1. The number of rotatable bonds is 8. The second-order valence-corrected chi connectivity index (χ2v) is 9.55. The maximum absolute atomic E-state index is 13.7. The summed E-state index contributed by atoms with van der Waals surface area (Å²) in [6, 6.07) is 18.5. The Morgan fingerprint density at radius 1 is 1.06 bits per heavy atom. The highest BCUT2D eigenvalue weighted by Gasteiger charge is 2.34. The summed E-state index contributed by atoms with van der Waals surface area (Å²) in [5.41, 5.74) is 2.57. The molecule has 4 rings (SSSR count). The number of amides is 2. The third-order valence-electron chi connectivity index (χ3n) is 6.13. The van der Waals surface area contributed by atoms with Crippen molar-refractivity contribution in [2.75, 3.05) is 12.0 Å². The predicted molar refractivity (Wildman–Crippen MR) is 133 cm³/mol. The van der Waals surface area contributed by atoms with Gasteiger partial charge in [-0.25, -0.2) is 0 Å². The number of anilines is 1. The molecule has 2 aromatic carbocycles. The maximum Gasteiger partial charge on any atom is 0.248 e. The van der Waals surface area contributed by atoms with Crippen molar-refractivity contribution >= 4 is 28.8 Å². The third-order valence-corrected chi connectivity index (χ3v) is 7.00. The Hall–Kier alpha value is -3.12. The number of hydrogen-bond donors (Lipinski definition) is 1. The molecule has 0 bridgehead atoms. The molecule has 1 aliphatic rings. The molecule has 1 N–H and O–H groups in total. The summed E-state index contributed by atoms with van der Waals surface area (Å²) < 4.78 is 5.31. The minimum Gasteiger partial charge on any atom is -0.497 e. The van der Waals surface area contributed by atoms with Crippen LogP contribution in [-0.4, -0.2) is 25.0 Å². The Labute approximate surface area is 199 Å². The first-order chi connectivity index (χ1) is 16.0. The van der Waals surface area contributed by atoms with Gasteiger partial charge in [0, 0.05) is 16.6 Å². The molecule has 5 nitrogen and oxygen atoms in total. The first kappa shape index (κ1) is 23.1. The van der Waals surface area contributed by atoms with Crippen LogP contribution in [0, 0.1) is 6.92 Å². The molecule has 1 aromatic heterocycles. The van der Waals surface area contributed by atoms with E-state index in [-0.39, 0.29) is 24.3 Å². The third kappa shape index (κ3) is 5.63. The second-order valence-electron chi connectivity index (χ2n) is 8.52. The van der Waals surface area contributed by atoms with Gasteiger partial charge in [-0.3, -0.25) is 14.5 Å². The number of carbonyl (C=O) groups is 2. The van der Waals surface area contributed by atoms with Gasteiger partial charge in [0.15, 0.2) is 0 Å². The van der Waals surface area contributed by atoms with E-state index in [2.05, 4.69) is 5.32 Å². The molecule has 0 unspecified atom stereocenters. The monoisotopic (exact) mass is 462 g/mol. The van der Waals surface area contributed by atoms with Crippen LogP contribution in [0.1, 0.15) is 47.7 Å². The molecule has 2 amide bonds. The minimum absolute atomic E-state index is 0.116. The average molecular weight is 463 g/mol. The van der Waals surface area contributed by atoms with Crippen molar-refractivity contribution in [3.05, 3.63) is 82.0 Å². The van der Waals surface area contributed by atoms with E-state index in [1.165, 1.54) is 0 Å². The van der Waals surface area contributed by atoms with Gasteiger partial charge in [-0.05, 0) is 61.0 Å². The van der Waals surface area contributed by atoms with Crippen LogP contribution in [0.2, 0.25) is 0 Å². The zero-order valence-electron chi connectivity index (χ0n) is 19.1. The fourth-order valence-electron chi connectivity index (χ4n) is 4.34. The zero-order chi connectivity index (χ0) is 23.2. The van der Waals surface area contributed by atoms with Crippen LogP contribution < -0.4 is 15.0 Å². The number of nitrogens with one attached hydrogen (secondary N) is 1. The number of nitrogens with zero attached hydrogens (tertiary/aromatic N) is 1. The standard InChI is InChI=1S/C27H30N2O3S/c1-19-9-11-20(12-10-19)26(27(31)28-21-6-3-4-7-21)29(22-13-15-23(32-2)16-14-22)25(30)18-24-8-5-17-33-24/h5,8-17,21,26H,3-4,6-7,18H2,1-2H3,(H,28,31)/t26-/m1/s1. The maximum atomic E-state index is 13.7. The van der Waals surface area contributed by atoms with E-state index in [0.717, 1.165) is 41.7 Å². The molecule has 0 saturated heterocycles. The summed E-state index contributed by atoms with van der Waals surface area (Å²) >= 11 is 1.55. The van der Waals surface area contributed by atoms with Crippen molar-refractivity contribution in [2.24, 2.45) is 0 Å². The van der Waals surface area contributed by atoms with Gasteiger partial charge in [-0.15, -0.1) is 11.3 Å². The molecule has 0 radical (unpaired) electrons. The van der Waals surface area contributed by atoms with Crippen LogP contribution >= 0.6 is 11.3 Å². The van der Waals surface area contributed by atoms with Gasteiger partial charge in [0.25, 0.3) is 0 Å². The summed E-state index contributed by atoms with van der Waals surface area (Å²) in [5.74, 6) is 0.447. The van der Waals surface area contributed by atoms with Crippen LogP contribution in [0.5, 0.6) is 5.75 Å². The van der Waals surface area contributed by atoms with Gasteiger partial charge < -0.3 is 10.1 Å². The molecule has 172 valence electrons. The number of hydrogen-bond acceptors (Lipinski definition) is 4. The van der Waals surface area contributed by atoms with Gasteiger partial charge >= 0.3 is 0 Å². The molecule has 1 fully saturated rings. The van der Waals surface area contributed by atoms with E-state index in [1.807, 2.05) is 73.0 Å². The van der Waals surface area contributed by atoms with Gasteiger partial charge in [-0.2, -0.15) is 0 Å². The number of aryl methyl sites for hydroxylation is 1. The van der Waals surface area contributed by atoms with Gasteiger partial charge in [0.05, 0.1) is 13.5 Å². The topological polar surface area (TPSA) is 58.6 Å². The number of thiophene rings is 1. The Balaban J connectivity index is 1.75. The summed E-state index contributed by atoms with van der Waals surface area (Å²) in [4.78, 5) is 30.0. The first-order valence-corrected chi connectivity index (χ1v) is 12.3. The van der Waals surface area contributed by atoms with Gasteiger partial charge in [-0.1, -0.05) is 48.7 Å². The number of methoxy groups -OCH3 is 1. The van der Waals surface area contributed by atoms with Crippen LogP contribution in [0.3, 0.4) is 0 Å². The van der Waals surface area contributed by atoms with Crippen molar-refractivity contribution in [1.82, 2.24) is 5.32 Å². The Bertz CT molecular complexity index is 1060. The van der Waals surface area contributed by atoms with E-state index in [1.54, 1.807) is 23.3 Å². The van der Waals surface area contributed by atoms with Gasteiger partial charge in [0.2, 0.25) is 11.8 Å². The number of benzene rings is 2. The van der Waals surface area contributed by atoms with Crippen molar-refractivity contribution in [2.45, 2.75) is 51.1 Å². The first-order valence-electron chi connectivity index (χ1n) is 11.4.